The van der Waals surface area contributed by atoms with Gasteiger partial charge in [0.05, 0.1) is 0 Å². The lowest BCUT2D eigenvalue weighted by atomic mass is 10.1. The first kappa shape index (κ1) is 16.9. The second-order valence-electron chi connectivity index (χ2n) is 5.25. The Hall–Kier alpha value is -2.99. The Balaban J connectivity index is 1.72. The lowest BCUT2D eigenvalue weighted by Crippen LogP contribution is -2.43. The molecule has 3 aromatic rings. The van der Waals surface area contributed by atoms with Gasteiger partial charge in [-0.2, -0.15) is 0 Å². The maximum Gasteiger partial charge on any atom is 0.286 e. The summed E-state index contributed by atoms with van der Waals surface area (Å²) in [5.41, 5.74) is 6.19. The number of hydrazine groups is 1. The van der Waals surface area contributed by atoms with E-state index in [0.29, 0.717) is 5.69 Å². The van der Waals surface area contributed by atoms with Crippen molar-refractivity contribution < 1.29 is 9.59 Å². The molecule has 3 rings (SSSR count). The van der Waals surface area contributed by atoms with Crippen molar-refractivity contribution >= 4 is 23.6 Å². The highest BCUT2D eigenvalue weighted by molar-refractivity contribution is 8.00. The average molecular weight is 351 g/mol. The van der Waals surface area contributed by atoms with E-state index in [2.05, 4.69) is 15.8 Å². The van der Waals surface area contributed by atoms with Gasteiger partial charge in [-0.3, -0.25) is 20.4 Å². The van der Waals surface area contributed by atoms with Gasteiger partial charge in [-0.05, 0) is 29.8 Å². The van der Waals surface area contributed by atoms with Gasteiger partial charge in [0.25, 0.3) is 11.8 Å². The average Bonchev–Trinajstić information content (AvgIpc) is 3.20. The first-order valence-corrected chi connectivity index (χ1v) is 8.62. The molecule has 1 heterocycles. The Morgan fingerprint density at radius 2 is 1.52 bits per heavy atom. The van der Waals surface area contributed by atoms with Crippen LogP contribution in [0.5, 0.6) is 0 Å². The third kappa shape index (κ3) is 4.51. The van der Waals surface area contributed by atoms with Crippen LogP contribution < -0.4 is 10.9 Å². The number of hydrogen-bond donors (Lipinski definition) is 3. The van der Waals surface area contributed by atoms with Gasteiger partial charge in [-0.25, -0.2) is 0 Å². The van der Waals surface area contributed by atoms with E-state index < -0.39 is 11.2 Å². The van der Waals surface area contributed by atoms with Crippen molar-refractivity contribution in [3.63, 3.8) is 0 Å². The Bertz CT molecular complexity index is 820. The minimum absolute atomic E-state index is 0.292. The number of aromatic nitrogens is 1. The minimum atomic E-state index is -0.479. The molecule has 0 fully saturated rings. The zero-order valence-electron chi connectivity index (χ0n) is 13.3. The number of nitrogens with one attached hydrogen (secondary N) is 3. The van der Waals surface area contributed by atoms with Crippen LogP contribution in [0.15, 0.2) is 83.9 Å². The Morgan fingerprint density at radius 1 is 0.840 bits per heavy atom. The smallest absolute Gasteiger partial charge is 0.286 e. The molecular weight excluding hydrogens is 334 g/mol. The minimum Gasteiger partial charge on any atom is -0.357 e. The highest BCUT2D eigenvalue weighted by Crippen LogP contribution is 2.35. The van der Waals surface area contributed by atoms with Crippen molar-refractivity contribution in [3.8, 4) is 0 Å². The number of carbonyl (C=O) groups is 2. The number of hydrogen-bond acceptors (Lipinski definition) is 3. The Morgan fingerprint density at radius 3 is 2.16 bits per heavy atom. The lowest BCUT2D eigenvalue weighted by Gasteiger charge is -2.17. The number of carbonyl (C=O) groups excluding carboxylic acids is 2. The SMILES string of the molecule is O=C(NNC(=O)C(Sc1ccccc1)c1ccccc1)c1ccc[nH]1. The maximum atomic E-state index is 12.7. The standard InChI is InChI=1S/C19H17N3O2S/c23-18(16-12-7-13-20-16)21-22-19(24)17(14-8-3-1-4-9-14)25-15-10-5-2-6-11-15/h1-13,17,20H,(H,21,23)(H,22,24). The van der Waals surface area contributed by atoms with Gasteiger partial charge in [-0.15, -0.1) is 11.8 Å². The molecule has 1 aromatic heterocycles. The van der Waals surface area contributed by atoms with E-state index in [1.165, 1.54) is 11.8 Å². The molecule has 1 atom stereocenters. The van der Waals surface area contributed by atoms with Crippen molar-refractivity contribution in [1.29, 1.82) is 0 Å². The summed E-state index contributed by atoms with van der Waals surface area (Å²) in [7, 11) is 0. The molecule has 0 aliphatic heterocycles. The van der Waals surface area contributed by atoms with Gasteiger partial charge >= 0.3 is 0 Å². The van der Waals surface area contributed by atoms with Gasteiger partial charge < -0.3 is 4.98 Å². The molecule has 25 heavy (non-hydrogen) atoms. The molecule has 1 unspecified atom stereocenters. The molecule has 2 aromatic carbocycles. The molecule has 3 N–H and O–H groups in total. The van der Waals surface area contributed by atoms with Crippen LogP contribution in [0.2, 0.25) is 0 Å². The van der Waals surface area contributed by atoms with E-state index in [1.54, 1.807) is 18.3 Å². The molecule has 126 valence electrons. The third-order valence-corrected chi connectivity index (χ3v) is 4.75. The van der Waals surface area contributed by atoms with Crippen molar-refractivity contribution in [2.45, 2.75) is 10.1 Å². The third-order valence-electron chi connectivity index (χ3n) is 3.48. The predicted molar refractivity (Wildman–Crippen MR) is 97.9 cm³/mol. The largest absolute Gasteiger partial charge is 0.357 e. The van der Waals surface area contributed by atoms with Crippen molar-refractivity contribution in [2.75, 3.05) is 0 Å². The van der Waals surface area contributed by atoms with E-state index in [-0.39, 0.29) is 5.91 Å². The number of aromatic amines is 1. The molecule has 6 heteroatoms. The summed E-state index contributed by atoms with van der Waals surface area (Å²) in [6, 6.07) is 22.5. The summed E-state index contributed by atoms with van der Waals surface area (Å²) in [5.74, 6) is -0.685. The summed E-state index contributed by atoms with van der Waals surface area (Å²) in [5, 5.41) is -0.479. The maximum absolute atomic E-state index is 12.7. The van der Waals surface area contributed by atoms with Crippen LogP contribution >= 0.6 is 11.8 Å². The first-order chi connectivity index (χ1) is 12.2. The zero-order valence-corrected chi connectivity index (χ0v) is 14.1. The zero-order chi connectivity index (χ0) is 17.5. The number of benzene rings is 2. The molecule has 0 spiro atoms. The van der Waals surface area contributed by atoms with Gasteiger partial charge in [0.2, 0.25) is 0 Å². The fraction of sp³-hybridized carbons (Fsp3) is 0.0526. The molecule has 0 saturated carbocycles. The highest BCUT2D eigenvalue weighted by atomic mass is 32.2. The summed E-state index contributed by atoms with van der Waals surface area (Å²) in [6.45, 7) is 0. The first-order valence-electron chi connectivity index (χ1n) is 7.74. The van der Waals surface area contributed by atoms with Crippen LogP contribution in [0, 0.1) is 0 Å². The van der Waals surface area contributed by atoms with E-state index >= 15 is 0 Å². The molecule has 0 bridgehead atoms. The van der Waals surface area contributed by atoms with E-state index in [4.69, 9.17) is 0 Å². The van der Waals surface area contributed by atoms with E-state index in [0.717, 1.165) is 10.5 Å². The van der Waals surface area contributed by atoms with E-state index in [1.807, 2.05) is 60.7 Å². The molecule has 0 aliphatic carbocycles. The van der Waals surface area contributed by atoms with E-state index in [9.17, 15) is 9.59 Å². The van der Waals surface area contributed by atoms with Crippen LogP contribution in [0.1, 0.15) is 21.3 Å². The van der Waals surface area contributed by atoms with Crippen LogP contribution in [0.4, 0.5) is 0 Å². The van der Waals surface area contributed by atoms with Gasteiger partial charge in [0, 0.05) is 11.1 Å². The van der Waals surface area contributed by atoms with Gasteiger partial charge in [0.1, 0.15) is 10.9 Å². The van der Waals surface area contributed by atoms with Crippen LogP contribution in [0.3, 0.4) is 0 Å². The van der Waals surface area contributed by atoms with Gasteiger partial charge in [-0.1, -0.05) is 48.5 Å². The summed E-state index contributed by atoms with van der Waals surface area (Å²) in [6.07, 6.45) is 1.65. The predicted octanol–water partition coefficient (Wildman–Crippen LogP) is 3.31. The molecule has 0 radical (unpaired) electrons. The second kappa shape index (κ2) is 8.21. The normalized spacial score (nSPS) is 11.5. The lowest BCUT2D eigenvalue weighted by molar-refractivity contribution is -0.121. The number of amides is 2. The topological polar surface area (TPSA) is 74.0 Å². The molecule has 0 aliphatic rings. The second-order valence-corrected chi connectivity index (χ2v) is 6.43. The van der Waals surface area contributed by atoms with Crippen molar-refractivity contribution in [3.05, 3.63) is 90.3 Å². The monoisotopic (exact) mass is 351 g/mol. The van der Waals surface area contributed by atoms with Crippen molar-refractivity contribution in [1.82, 2.24) is 15.8 Å². The van der Waals surface area contributed by atoms with Crippen LogP contribution in [-0.4, -0.2) is 16.8 Å². The Labute approximate surface area is 149 Å². The number of rotatable bonds is 5. The van der Waals surface area contributed by atoms with Crippen molar-refractivity contribution in [2.24, 2.45) is 0 Å². The molecular formula is C19H17N3O2S. The quantitative estimate of drug-likeness (QED) is 0.488. The highest BCUT2D eigenvalue weighted by Gasteiger charge is 2.22. The van der Waals surface area contributed by atoms with Crippen LogP contribution in [-0.2, 0) is 4.79 Å². The Kier molecular flexibility index (Phi) is 5.53. The number of H-pyrrole nitrogens is 1. The summed E-state index contributed by atoms with van der Waals surface area (Å²) < 4.78 is 0. The fourth-order valence-electron chi connectivity index (χ4n) is 2.26. The number of thioether (sulfide) groups is 1. The van der Waals surface area contributed by atoms with Gasteiger partial charge in [0.15, 0.2) is 0 Å². The molecule has 5 nitrogen and oxygen atoms in total. The summed E-state index contributed by atoms with van der Waals surface area (Å²) in [4.78, 5) is 28.4. The molecule has 0 saturated heterocycles. The van der Waals surface area contributed by atoms with Crippen LogP contribution in [0.25, 0.3) is 0 Å². The molecule has 2 amide bonds. The fourth-order valence-corrected chi connectivity index (χ4v) is 3.30. The summed E-state index contributed by atoms with van der Waals surface area (Å²) >= 11 is 1.43.